The predicted molar refractivity (Wildman–Crippen MR) is 92.6 cm³/mol. The number of amides is 1. The molecule has 1 fully saturated rings. The largest absolute Gasteiger partial charge is 0.507 e. The molecule has 1 N–H and O–H groups in total. The molecule has 5 nitrogen and oxygen atoms in total. The SMILES string of the molecule is CC(C)(C)OC(=O)N1CCC(C(=O)C=C(O)c2ccccc2)CC1. The smallest absolute Gasteiger partial charge is 0.410 e. The fourth-order valence-electron chi connectivity index (χ4n) is 2.62. The minimum absolute atomic E-state index is 0.0184. The van der Waals surface area contributed by atoms with Crippen molar-refractivity contribution in [3.8, 4) is 0 Å². The van der Waals surface area contributed by atoms with Gasteiger partial charge in [0, 0.05) is 30.6 Å². The van der Waals surface area contributed by atoms with Gasteiger partial charge in [0.2, 0.25) is 0 Å². The van der Waals surface area contributed by atoms with Crippen molar-refractivity contribution in [1.82, 2.24) is 4.90 Å². The zero-order chi connectivity index (χ0) is 17.7. The summed E-state index contributed by atoms with van der Waals surface area (Å²) in [5.41, 5.74) is 0.102. The number of ketones is 1. The van der Waals surface area contributed by atoms with Gasteiger partial charge in [0.15, 0.2) is 5.78 Å². The van der Waals surface area contributed by atoms with Gasteiger partial charge in [-0.05, 0) is 33.6 Å². The van der Waals surface area contributed by atoms with Crippen LogP contribution in [0.15, 0.2) is 36.4 Å². The molecule has 0 unspecified atom stereocenters. The van der Waals surface area contributed by atoms with Crippen molar-refractivity contribution >= 4 is 17.6 Å². The lowest BCUT2D eigenvalue weighted by atomic mass is 9.92. The number of allylic oxidation sites excluding steroid dienone is 1. The fourth-order valence-corrected chi connectivity index (χ4v) is 2.62. The third-order valence-electron chi connectivity index (χ3n) is 3.90. The van der Waals surface area contributed by atoms with Gasteiger partial charge in [-0.25, -0.2) is 4.79 Å². The number of hydrogen-bond acceptors (Lipinski definition) is 4. The maximum atomic E-state index is 12.3. The van der Waals surface area contributed by atoms with Gasteiger partial charge < -0.3 is 14.7 Å². The zero-order valence-electron chi connectivity index (χ0n) is 14.5. The lowest BCUT2D eigenvalue weighted by Gasteiger charge is -2.32. The van der Waals surface area contributed by atoms with E-state index in [9.17, 15) is 14.7 Å². The highest BCUT2D eigenvalue weighted by atomic mass is 16.6. The lowest BCUT2D eigenvalue weighted by Crippen LogP contribution is -2.42. The third-order valence-corrected chi connectivity index (χ3v) is 3.90. The van der Waals surface area contributed by atoms with Crippen molar-refractivity contribution in [2.75, 3.05) is 13.1 Å². The number of likely N-dealkylation sites (tertiary alicyclic amines) is 1. The Morgan fingerprint density at radius 1 is 1.17 bits per heavy atom. The fraction of sp³-hybridized carbons (Fsp3) is 0.474. The van der Waals surface area contributed by atoms with Crippen LogP contribution in [0.5, 0.6) is 0 Å². The first-order valence-electron chi connectivity index (χ1n) is 8.24. The van der Waals surface area contributed by atoms with E-state index in [1.807, 2.05) is 39.0 Å². The Balaban J connectivity index is 1.90. The number of aliphatic hydroxyl groups is 1. The van der Waals surface area contributed by atoms with Crippen molar-refractivity contribution in [3.05, 3.63) is 42.0 Å². The summed E-state index contributed by atoms with van der Waals surface area (Å²) in [5, 5.41) is 10.0. The number of hydrogen-bond donors (Lipinski definition) is 1. The predicted octanol–water partition coefficient (Wildman–Crippen LogP) is 3.80. The Kier molecular flexibility index (Phi) is 5.65. The highest BCUT2D eigenvalue weighted by Crippen LogP contribution is 2.22. The van der Waals surface area contributed by atoms with Crippen molar-refractivity contribution in [3.63, 3.8) is 0 Å². The van der Waals surface area contributed by atoms with E-state index in [0.29, 0.717) is 31.5 Å². The minimum atomic E-state index is -0.520. The van der Waals surface area contributed by atoms with Crippen LogP contribution < -0.4 is 0 Å². The van der Waals surface area contributed by atoms with Gasteiger partial charge in [-0.3, -0.25) is 4.79 Å². The van der Waals surface area contributed by atoms with Gasteiger partial charge in [0.25, 0.3) is 0 Å². The summed E-state index contributed by atoms with van der Waals surface area (Å²) < 4.78 is 5.35. The zero-order valence-corrected chi connectivity index (χ0v) is 14.5. The maximum absolute atomic E-state index is 12.3. The molecule has 0 spiro atoms. The molecule has 1 aliphatic rings. The van der Waals surface area contributed by atoms with Crippen molar-refractivity contribution in [2.45, 2.75) is 39.2 Å². The first-order chi connectivity index (χ1) is 11.3. The summed E-state index contributed by atoms with van der Waals surface area (Å²) in [5.74, 6) is -0.287. The first-order valence-corrected chi connectivity index (χ1v) is 8.24. The van der Waals surface area contributed by atoms with E-state index >= 15 is 0 Å². The molecule has 24 heavy (non-hydrogen) atoms. The van der Waals surface area contributed by atoms with Crippen LogP contribution >= 0.6 is 0 Å². The Morgan fingerprint density at radius 2 is 1.75 bits per heavy atom. The summed E-state index contributed by atoms with van der Waals surface area (Å²) in [6.07, 6.45) is 2.12. The molecular formula is C19H25NO4. The number of carbonyl (C=O) groups excluding carboxylic acids is 2. The molecule has 0 atom stereocenters. The Labute approximate surface area is 142 Å². The van der Waals surface area contributed by atoms with E-state index < -0.39 is 5.60 Å². The van der Waals surface area contributed by atoms with Crippen LogP contribution in [0.1, 0.15) is 39.2 Å². The quantitative estimate of drug-likeness (QED) is 0.676. The van der Waals surface area contributed by atoms with Crippen LogP contribution in [-0.4, -0.2) is 40.6 Å². The molecule has 1 amide bonds. The molecule has 1 aromatic rings. The Morgan fingerprint density at radius 3 is 2.29 bits per heavy atom. The molecule has 130 valence electrons. The second-order valence-electron chi connectivity index (χ2n) is 7.04. The van der Waals surface area contributed by atoms with Crippen LogP contribution in [0.2, 0.25) is 0 Å². The van der Waals surface area contributed by atoms with Gasteiger partial charge in [0.1, 0.15) is 11.4 Å². The number of piperidine rings is 1. The number of rotatable bonds is 3. The van der Waals surface area contributed by atoms with Gasteiger partial charge in [-0.15, -0.1) is 0 Å². The first kappa shape index (κ1) is 18.0. The third kappa shape index (κ3) is 5.11. The molecule has 2 rings (SSSR count). The molecule has 1 aliphatic heterocycles. The normalized spacial score (nSPS) is 16.8. The summed E-state index contributed by atoms with van der Waals surface area (Å²) in [4.78, 5) is 26.0. The molecular weight excluding hydrogens is 306 g/mol. The standard InChI is InChI=1S/C19H25NO4/c1-19(2,3)24-18(23)20-11-9-15(10-12-20)17(22)13-16(21)14-7-5-4-6-8-14/h4-8,13,15,21H,9-12H2,1-3H3. The van der Waals surface area contributed by atoms with E-state index in [4.69, 9.17) is 4.74 Å². The van der Waals surface area contributed by atoms with Gasteiger partial charge in [-0.1, -0.05) is 30.3 Å². The molecule has 0 aromatic heterocycles. The summed E-state index contributed by atoms with van der Waals surface area (Å²) >= 11 is 0. The van der Waals surface area contributed by atoms with Crippen LogP contribution in [-0.2, 0) is 9.53 Å². The molecule has 0 bridgehead atoms. The Bertz CT molecular complexity index is 608. The summed E-state index contributed by atoms with van der Waals surface area (Å²) in [6, 6.07) is 8.98. The van der Waals surface area contributed by atoms with Crippen molar-refractivity contribution < 1.29 is 19.4 Å². The van der Waals surface area contributed by atoms with E-state index in [2.05, 4.69) is 0 Å². The van der Waals surface area contributed by atoms with E-state index in [1.54, 1.807) is 17.0 Å². The lowest BCUT2D eigenvalue weighted by molar-refractivity contribution is -0.119. The van der Waals surface area contributed by atoms with Gasteiger partial charge in [0.05, 0.1) is 0 Å². The highest BCUT2D eigenvalue weighted by molar-refractivity contribution is 5.97. The van der Waals surface area contributed by atoms with Crippen molar-refractivity contribution in [2.24, 2.45) is 5.92 Å². The second kappa shape index (κ2) is 7.51. The van der Waals surface area contributed by atoms with E-state index in [-0.39, 0.29) is 23.6 Å². The minimum Gasteiger partial charge on any atom is -0.507 e. The van der Waals surface area contributed by atoms with Gasteiger partial charge in [-0.2, -0.15) is 0 Å². The monoisotopic (exact) mass is 331 g/mol. The number of nitrogens with zero attached hydrogens (tertiary/aromatic N) is 1. The van der Waals surface area contributed by atoms with Crippen LogP contribution in [0.4, 0.5) is 4.79 Å². The number of ether oxygens (including phenoxy) is 1. The number of carbonyl (C=O) groups is 2. The van der Waals surface area contributed by atoms with Crippen molar-refractivity contribution in [1.29, 1.82) is 0 Å². The molecule has 1 heterocycles. The van der Waals surface area contributed by atoms with Crippen LogP contribution in [0, 0.1) is 5.92 Å². The number of benzene rings is 1. The maximum Gasteiger partial charge on any atom is 0.410 e. The molecule has 0 saturated carbocycles. The second-order valence-corrected chi connectivity index (χ2v) is 7.04. The van der Waals surface area contributed by atoms with Gasteiger partial charge >= 0.3 is 6.09 Å². The van der Waals surface area contributed by atoms with Crippen LogP contribution in [0.3, 0.4) is 0 Å². The average molecular weight is 331 g/mol. The molecule has 5 heteroatoms. The Hall–Kier alpha value is -2.30. The average Bonchev–Trinajstić information content (AvgIpc) is 2.54. The summed E-state index contributed by atoms with van der Waals surface area (Å²) in [7, 11) is 0. The highest BCUT2D eigenvalue weighted by Gasteiger charge is 2.29. The number of aliphatic hydroxyl groups excluding tert-OH is 1. The van der Waals surface area contributed by atoms with E-state index in [0.717, 1.165) is 0 Å². The van der Waals surface area contributed by atoms with E-state index in [1.165, 1.54) is 6.08 Å². The molecule has 1 saturated heterocycles. The molecule has 0 radical (unpaired) electrons. The van der Waals surface area contributed by atoms with Crippen LogP contribution in [0.25, 0.3) is 5.76 Å². The molecule has 0 aliphatic carbocycles. The molecule has 1 aromatic carbocycles. The topological polar surface area (TPSA) is 66.8 Å². The summed E-state index contributed by atoms with van der Waals surface area (Å²) in [6.45, 7) is 6.48.